The Labute approximate surface area is 157 Å². The van der Waals surface area contributed by atoms with Crippen LogP contribution < -0.4 is 5.32 Å². The Kier molecular flexibility index (Phi) is 6.52. The summed E-state index contributed by atoms with van der Waals surface area (Å²) in [7, 11) is 0. The lowest BCUT2D eigenvalue weighted by molar-refractivity contribution is -0.148. The summed E-state index contributed by atoms with van der Waals surface area (Å²) in [5.41, 5.74) is 0.165. The van der Waals surface area contributed by atoms with Crippen molar-refractivity contribution in [3.8, 4) is 0 Å². The van der Waals surface area contributed by atoms with Crippen molar-refractivity contribution in [3.05, 3.63) is 35.9 Å². The van der Waals surface area contributed by atoms with Crippen LogP contribution in [-0.4, -0.2) is 57.3 Å². The van der Waals surface area contributed by atoms with E-state index in [9.17, 15) is 19.5 Å². The van der Waals surface area contributed by atoms with Crippen LogP contribution in [0.15, 0.2) is 30.3 Å². The minimum Gasteiger partial charge on any atom is -0.480 e. The Morgan fingerprint density at radius 2 is 1.96 bits per heavy atom. The molecule has 1 aromatic rings. The van der Waals surface area contributed by atoms with E-state index in [-0.39, 0.29) is 12.3 Å². The van der Waals surface area contributed by atoms with Gasteiger partial charge in [0.1, 0.15) is 17.7 Å². The van der Waals surface area contributed by atoms with Gasteiger partial charge >= 0.3 is 12.1 Å². The van der Waals surface area contributed by atoms with E-state index >= 15 is 0 Å². The monoisotopic (exact) mass is 380 g/mol. The van der Waals surface area contributed by atoms with Crippen LogP contribution >= 0.6 is 11.8 Å². The Morgan fingerprint density at radius 3 is 2.54 bits per heavy atom. The van der Waals surface area contributed by atoms with Crippen LogP contribution in [0.5, 0.6) is 0 Å². The second-order valence-corrected chi connectivity index (χ2v) is 8.05. The quantitative estimate of drug-likeness (QED) is 0.812. The molecule has 142 valence electrons. The first-order valence-electron chi connectivity index (χ1n) is 8.32. The van der Waals surface area contributed by atoms with Gasteiger partial charge in [-0.1, -0.05) is 30.3 Å². The van der Waals surface area contributed by atoms with E-state index < -0.39 is 35.7 Å². The Bertz CT molecular complexity index is 659. The summed E-state index contributed by atoms with van der Waals surface area (Å²) in [6.07, 6.45) is -0.447. The molecule has 1 heterocycles. The van der Waals surface area contributed by atoms with Crippen molar-refractivity contribution in [1.82, 2.24) is 10.2 Å². The molecule has 1 aromatic carbocycles. The number of ether oxygens (including phenoxy) is 1. The number of rotatable bonds is 5. The van der Waals surface area contributed by atoms with Gasteiger partial charge in [-0.25, -0.2) is 9.59 Å². The highest BCUT2D eigenvalue weighted by molar-refractivity contribution is 7.99. The zero-order valence-electron chi connectivity index (χ0n) is 15.1. The first kappa shape index (κ1) is 20.1. The van der Waals surface area contributed by atoms with Crippen molar-refractivity contribution in [3.63, 3.8) is 0 Å². The fourth-order valence-corrected chi connectivity index (χ4v) is 3.72. The van der Waals surface area contributed by atoms with E-state index in [0.717, 1.165) is 5.56 Å². The van der Waals surface area contributed by atoms with E-state index in [0.29, 0.717) is 5.75 Å². The largest absolute Gasteiger partial charge is 0.480 e. The SMILES string of the molecule is CC(C)(C)OC(=O)N[C@@H](Cc1ccccc1)C(=O)N1CSC[C@H]1C(=O)O. The molecule has 2 atom stereocenters. The number of carbonyl (C=O) groups is 3. The summed E-state index contributed by atoms with van der Waals surface area (Å²) in [5, 5.41) is 11.9. The molecule has 0 saturated carbocycles. The Balaban J connectivity index is 2.17. The van der Waals surface area contributed by atoms with Crippen LogP contribution in [0.2, 0.25) is 0 Å². The molecule has 0 spiro atoms. The molecule has 0 aromatic heterocycles. The van der Waals surface area contributed by atoms with Gasteiger partial charge in [-0.05, 0) is 26.3 Å². The second-order valence-electron chi connectivity index (χ2n) is 7.05. The molecule has 7 nitrogen and oxygen atoms in total. The van der Waals surface area contributed by atoms with E-state index in [1.807, 2.05) is 30.3 Å². The minimum atomic E-state index is -1.04. The zero-order chi connectivity index (χ0) is 19.3. The summed E-state index contributed by atoms with van der Waals surface area (Å²) >= 11 is 1.38. The fourth-order valence-electron chi connectivity index (χ4n) is 2.56. The first-order chi connectivity index (χ1) is 12.2. The van der Waals surface area contributed by atoms with Gasteiger partial charge < -0.3 is 20.1 Å². The predicted molar refractivity (Wildman–Crippen MR) is 98.9 cm³/mol. The van der Waals surface area contributed by atoms with Gasteiger partial charge in [-0.3, -0.25) is 4.79 Å². The summed E-state index contributed by atoms with van der Waals surface area (Å²) in [6, 6.07) is 7.47. The van der Waals surface area contributed by atoms with Crippen LogP contribution in [0, 0.1) is 0 Å². The number of hydrogen-bond donors (Lipinski definition) is 2. The van der Waals surface area contributed by atoms with Crippen LogP contribution in [0.3, 0.4) is 0 Å². The van der Waals surface area contributed by atoms with E-state index in [2.05, 4.69) is 5.32 Å². The lowest BCUT2D eigenvalue weighted by Crippen LogP contribution is -2.53. The van der Waals surface area contributed by atoms with Gasteiger partial charge in [0.05, 0.1) is 5.88 Å². The Hall–Kier alpha value is -2.22. The van der Waals surface area contributed by atoms with Crippen LogP contribution in [0.4, 0.5) is 4.79 Å². The topological polar surface area (TPSA) is 95.9 Å². The number of carbonyl (C=O) groups excluding carboxylic acids is 2. The number of carboxylic acids is 1. The molecule has 8 heteroatoms. The molecule has 1 aliphatic rings. The summed E-state index contributed by atoms with van der Waals surface area (Å²) in [5.74, 6) is -0.834. The average molecular weight is 380 g/mol. The molecule has 0 aliphatic carbocycles. The molecule has 0 unspecified atom stereocenters. The van der Waals surface area contributed by atoms with Gasteiger partial charge in [0, 0.05) is 12.2 Å². The summed E-state index contributed by atoms with van der Waals surface area (Å²) in [6.45, 7) is 5.20. The third-order valence-electron chi connectivity index (χ3n) is 3.72. The van der Waals surface area contributed by atoms with Crippen molar-refractivity contribution in [2.24, 2.45) is 0 Å². The number of alkyl carbamates (subject to hydrolysis) is 1. The molecule has 26 heavy (non-hydrogen) atoms. The number of thioether (sulfide) groups is 1. The van der Waals surface area contributed by atoms with Gasteiger partial charge in [0.2, 0.25) is 5.91 Å². The lowest BCUT2D eigenvalue weighted by Gasteiger charge is -2.28. The summed E-state index contributed by atoms with van der Waals surface area (Å²) < 4.78 is 5.25. The van der Waals surface area contributed by atoms with Crippen molar-refractivity contribution < 1.29 is 24.2 Å². The molecule has 2 amide bonds. The zero-order valence-corrected chi connectivity index (χ0v) is 15.9. The highest BCUT2D eigenvalue weighted by Crippen LogP contribution is 2.23. The second kappa shape index (κ2) is 8.44. The van der Waals surface area contributed by atoms with Crippen molar-refractivity contribution in [2.45, 2.75) is 44.9 Å². The third-order valence-corrected chi connectivity index (χ3v) is 4.73. The van der Waals surface area contributed by atoms with Crippen LogP contribution in [0.25, 0.3) is 0 Å². The number of amides is 2. The van der Waals surface area contributed by atoms with Crippen molar-refractivity contribution in [1.29, 1.82) is 0 Å². The minimum absolute atomic E-state index is 0.256. The molecule has 1 saturated heterocycles. The maximum atomic E-state index is 12.9. The van der Waals surface area contributed by atoms with Crippen molar-refractivity contribution in [2.75, 3.05) is 11.6 Å². The molecule has 1 fully saturated rings. The lowest BCUT2D eigenvalue weighted by atomic mass is 10.0. The smallest absolute Gasteiger partial charge is 0.408 e. The van der Waals surface area contributed by atoms with Crippen molar-refractivity contribution >= 4 is 29.7 Å². The number of carboxylic acid groups (broad SMARTS) is 1. The maximum absolute atomic E-state index is 12.9. The normalized spacial score (nSPS) is 18.3. The summed E-state index contributed by atoms with van der Waals surface area (Å²) in [4.78, 5) is 37.8. The molecule has 0 radical (unpaired) electrons. The maximum Gasteiger partial charge on any atom is 0.408 e. The van der Waals surface area contributed by atoms with E-state index in [1.165, 1.54) is 16.7 Å². The molecule has 2 rings (SSSR count). The highest BCUT2D eigenvalue weighted by atomic mass is 32.2. The van der Waals surface area contributed by atoms with Gasteiger partial charge in [-0.2, -0.15) is 0 Å². The number of nitrogens with zero attached hydrogens (tertiary/aromatic N) is 1. The predicted octanol–water partition coefficient (Wildman–Crippen LogP) is 2.11. The molecular weight excluding hydrogens is 356 g/mol. The van der Waals surface area contributed by atoms with Gasteiger partial charge in [0.25, 0.3) is 0 Å². The molecule has 2 N–H and O–H groups in total. The number of aliphatic carboxylic acids is 1. The fraction of sp³-hybridized carbons (Fsp3) is 0.500. The molecular formula is C18H24N2O5S. The molecule has 1 aliphatic heterocycles. The number of nitrogens with one attached hydrogen (secondary N) is 1. The number of hydrogen-bond acceptors (Lipinski definition) is 5. The standard InChI is InChI=1S/C18H24N2O5S/c1-18(2,3)25-17(24)19-13(9-12-7-5-4-6-8-12)15(21)20-11-26-10-14(20)16(22)23/h4-8,13-14H,9-11H2,1-3H3,(H,19,24)(H,22,23)/t13-,14-/m0/s1. The van der Waals surface area contributed by atoms with Crippen LogP contribution in [0.1, 0.15) is 26.3 Å². The Morgan fingerprint density at radius 1 is 1.31 bits per heavy atom. The first-order valence-corrected chi connectivity index (χ1v) is 9.47. The van der Waals surface area contributed by atoms with Crippen LogP contribution in [-0.2, 0) is 20.7 Å². The number of benzene rings is 1. The van der Waals surface area contributed by atoms with E-state index in [1.54, 1.807) is 20.8 Å². The third kappa shape index (κ3) is 5.66. The molecule has 0 bridgehead atoms. The average Bonchev–Trinajstić information content (AvgIpc) is 3.02. The van der Waals surface area contributed by atoms with Gasteiger partial charge in [-0.15, -0.1) is 11.8 Å². The van der Waals surface area contributed by atoms with E-state index in [4.69, 9.17) is 4.74 Å². The van der Waals surface area contributed by atoms with Gasteiger partial charge in [0.15, 0.2) is 0 Å². The highest BCUT2D eigenvalue weighted by Gasteiger charge is 2.38.